The predicted octanol–water partition coefficient (Wildman–Crippen LogP) is 0.663. The maximum absolute atomic E-state index is 12.4. The smallest absolute Gasteiger partial charge is 0.230 e. The zero-order chi connectivity index (χ0) is 20.4. The van der Waals surface area contributed by atoms with Crippen molar-refractivity contribution in [2.24, 2.45) is 0 Å². The second-order valence-electron chi connectivity index (χ2n) is 6.23. The minimum atomic E-state index is -0.968. The van der Waals surface area contributed by atoms with Gasteiger partial charge in [-0.25, -0.2) is 0 Å². The van der Waals surface area contributed by atoms with E-state index in [4.69, 9.17) is 0 Å². The van der Waals surface area contributed by atoms with Crippen LogP contribution in [-0.4, -0.2) is 47.8 Å². The van der Waals surface area contributed by atoms with Crippen LogP contribution in [-0.2, 0) is 9.59 Å². The molecule has 0 fully saturated rings. The van der Waals surface area contributed by atoms with Crippen LogP contribution in [0.5, 0.6) is 0 Å². The summed E-state index contributed by atoms with van der Waals surface area (Å²) >= 11 is 0. The van der Waals surface area contributed by atoms with E-state index in [0.29, 0.717) is 11.1 Å². The van der Waals surface area contributed by atoms with Gasteiger partial charge < -0.3 is 20.8 Å². The highest BCUT2D eigenvalue weighted by Gasteiger charge is 2.24. The van der Waals surface area contributed by atoms with Crippen LogP contribution in [0, 0.1) is 11.3 Å². The number of benzene rings is 2. The predicted molar refractivity (Wildman–Crippen MR) is 103 cm³/mol. The Morgan fingerprint density at radius 2 is 1.32 bits per heavy atom. The van der Waals surface area contributed by atoms with Crippen molar-refractivity contribution in [2.75, 3.05) is 19.8 Å². The lowest BCUT2D eigenvalue weighted by Crippen LogP contribution is -2.46. The van der Waals surface area contributed by atoms with E-state index in [-0.39, 0.29) is 13.2 Å². The molecule has 0 aliphatic rings. The quantitative estimate of drug-likeness (QED) is 0.508. The summed E-state index contributed by atoms with van der Waals surface area (Å²) in [6.45, 7) is -0.891. The summed E-state index contributed by atoms with van der Waals surface area (Å²) in [4.78, 5) is 24.8. The van der Waals surface area contributed by atoms with Gasteiger partial charge in [-0.3, -0.25) is 9.59 Å². The van der Waals surface area contributed by atoms with Crippen LogP contribution in [0.4, 0.5) is 0 Å². The highest BCUT2D eigenvalue weighted by atomic mass is 16.3. The van der Waals surface area contributed by atoms with Gasteiger partial charge in [0.05, 0.1) is 37.7 Å². The van der Waals surface area contributed by atoms with E-state index < -0.39 is 36.3 Å². The molecule has 2 aromatic carbocycles. The van der Waals surface area contributed by atoms with Gasteiger partial charge in [0.1, 0.15) is 6.04 Å². The first kappa shape index (κ1) is 21.1. The molecule has 0 aromatic heterocycles. The van der Waals surface area contributed by atoms with Gasteiger partial charge in [0.15, 0.2) is 0 Å². The zero-order valence-corrected chi connectivity index (χ0v) is 15.3. The van der Waals surface area contributed by atoms with Crippen molar-refractivity contribution in [2.45, 2.75) is 17.9 Å². The van der Waals surface area contributed by atoms with Gasteiger partial charge in [-0.1, -0.05) is 60.7 Å². The van der Waals surface area contributed by atoms with Crippen LogP contribution in [0.1, 0.15) is 23.0 Å². The molecule has 2 rings (SSSR count). The lowest BCUT2D eigenvalue weighted by molar-refractivity contribution is -0.125. The molecule has 7 nitrogen and oxygen atoms in total. The number of aliphatic hydroxyl groups is 2. The third kappa shape index (κ3) is 5.64. The fourth-order valence-corrected chi connectivity index (χ4v) is 2.78. The van der Waals surface area contributed by atoms with E-state index in [0.717, 1.165) is 0 Å². The van der Waals surface area contributed by atoms with E-state index in [2.05, 4.69) is 10.6 Å². The molecular formula is C21H23N3O4. The van der Waals surface area contributed by atoms with E-state index in [9.17, 15) is 25.1 Å². The molecule has 3 unspecified atom stereocenters. The van der Waals surface area contributed by atoms with Gasteiger partial charge in [-0.05, 0) is 11.1 Å². The largest absolute Gasteiger partial charge is 0.395 e. The summed E-state index contributed by atoms with van der Waals surface area (Å²) in [5, 5.41) is 33.5. The van der Waals surface area contributed by atoms with Gasteiger partial charge in [-0.15, -0.1) is 0 Å². The third-order valence-electron chi connectivity index (χ3n) is 4.35. The summed E-state index contributed by atoms with van der Waals surface area (Å²) in [6.07, 6.45) is 0. The highest BCUT2D eigenvalue weighted by molar-refractivity contribution is 5.85. The van der Waals surface area contributed by atoms with Crippen LogP contribution in [0.25, 0.3) is 0 Å². The molecule has 146 valence electrons. The molecule has 2 aromatic rings. The molecule has 0 aliphatic carbocycles. The lowest BCUT2D eigenvalue weighted by atomic mass is 9.98. The summed E-state index contributed by atoms with van der Waals surface area (Å²) in [7, 11) is 0. The molecule has 0 bridgehead atoms. The SMILES string of the molecule is N#CC(CNC(=O)C(CO)c1ccccc1)NC(=O)C(CO)c1ccccc1. The van der Waals surface area contributed by atoms with Crippen molar-refractivity contribution in [1.29, 1.82) is 5.26 Å². The molecular weight excluding hydrogens is 358 g/mol. The van der Waals surface area contributed by atoms with Crippen LogP contribution >= 0.6 is 0 Å². The maximum Gasteiger partial charge on any atom is 0.230 e. The number of hydrogen-bond acceptors (Lipinski definition) is 5. The number of amides is 2. The Labute approximate surface area is 163 Å². The van der Waals surface area contributed by atoms with E-state index in [1.165, 1.54) is 0 Å². The molecule has 0 heterocycles. The molecule has 3 atom stereocenters. The Morgan fingerprint density at radius 1 is 0.857 bits per heavy atom. The molecule has 28 heavy (non-hydrogen) atoms. The average Bonchev–Trinajstić information content (AvgIpc) is 2.73. The van der Waals surface area contributed by atoms with Gasteiger partial charge in [0, 0.05) is 0 Å². The molecule has 0 spiro atoms. The first-order valence-electron chi connectivity index (χ1n) is 8.90. The Kier molecular flexibility index (Phi) is 8.15. The molecule has 7 heteroatoms. The Bertz CT molecular complexity index is 805. The average molecular weight is 381 g/mol. The standard InChI is InChI=1S/C21H23N3O4/c22-11-17(24-21(28)19(14-26)16-9-5-2-6-10-16)12-23-20(27)18(13-25)15-7-3-1-4-8-15/h1-10,17-19,25-26H,12-14H2,(H,23,27)(H,24,28). The van der Waals surface area contributed by atoms with Gasteiger partial charge in [0.2, 0.25) is 11.8 Å². The summed E-state index contributed by atoms with van der Waals surface area (Å²) in [5.41, 5.74) is 1.29. The van der Waals surface area contributed by atoms with Crippen molar-refractivity contribution in [3.8, 4) is 6.07 Å². The number of carbonyl (C=O) groups excluding carboxylic acids is 2. The lowest BCUT2D eigenvalue weighted by Gasteiger charge is -2.19. The monoisotopic (exact) mass is 381 g/mol. The normalized spacial score (nSPS) is 13.6. The number of nitrogens with one attached hydrogen (secondary N) is 2. The molecule has 4 N–H and O–H groups in total. The molecule has 0 aliphatic heterocycles. The van der Waals surface area contributed by atoms with Crippen LogP contribution < -0.4 is 10.6 Å². The summed E-state index contributed by atoms with van der Waals surface area (Å²) < 4.78 is 0. The summed E-state index contributed by atoms with van der Waals surface area (Å²) in [6, 6.07) is 18.5. The number of hydrogen-bond donors (Lipinski definition) is 4. The third-order valence-corrected chi connectivity index (χ3v) is 4.35. The van der Waals surface area contributed by atoms with Crippen molar-refractivity contribution in [3.05, 3.63) is 71.8 Å². The van der Waals surface area contributed by atoms with Crippen LogP contribution in [0.2, 0.25) is 0 Å². The first-order chi connectivity index (χ1) is 13.6. The molecule has 0 radical (unpaired) electrons. The first-order valence-corrected chi connectivity index (χ1v) is 8.90. The van der Waals surface area contributed by atoms with Gasteiger partial charge in [0.25, 0.3) is 0 Å². The second-order valence-corrected chi connectivity index (χ2v) is 6.23. The number of nitrogens with zero attached hydrogens (tertiary/aromatic N) is 1. The topological polar surface area (TPSA) is 122 Å². The molecule has 0 saturated carbocycles. The van der Waals surface area contributed by atoms with Gasteiger partial charge >= 0.3 is 0 Å². The van der Waals surface area contributed by atoms with E-state index in [1.54, 1.807) is 60.7 Å². The highest BCUT2D eigenvalue weighted by Crippen LogP contribution is 2.16. The Balaban J connectivity index is 1.95. The van der Waals surface area contributed by atoms with Gasteiger partial charge in [-0.2, -0.15) is 5.26 Å². The van der Waals surface area contributed by atoms with Crippen molar-refractivity contribution >= 4 is 11.8 Å². The van der Waals surface area contributed by atoms with Crippen molar-refractivity contribution < 1.29 is 19.8 Å². The van der Waals surface area contributed by atoms with Crippen molar-refractivity contribution in [1.82, 2.24) is 10.6 Å². The minimum absolute atomic E-state index is 0.114. The van der Waals surface area contributed by atoms with E-state index >= 15 is 0 Å². The zero-order valence-electron chi connectivity index (χ0n) is 15.3. The van der Waals surface area contributed by atoms with Crippen LogP contribution in [0.3, 0.4) is 0 Å². The molecule has 2 amide bonds. The van der Waals surface area contributed by atoms with E-state index in [1.807, 2.05) is 6.07 Å². The number of rotatable bonds is 9. The second kappa shape index (κ2) is 10.8. The number of nitriles is 1. The summed E-state index contributed by atoms with van der Waals surface area (Å²) in [5.74, 6) is -2.51. The Hall–Kier alpha value is -3.21. The number of aliphatic hydroxyl groups excluding tert-OH is 2. The fraction of sp³-hybridized carbons (Fsp3) is 0.286. The maximum atomic E-state index is 12.4. The minimum Gasteiger partial charge on any atom is -0.395 e. The van der Waals surface area contributed by atoms with Crippen molar-refractivity contribution in [3.63, 3.8) is 0 Å². The Morgan fingerprint density at radius 3 is 1.75 bits per heavy atom. The number of carbonyl (C=O) groups is 2. The fourth-order valence-electron chi connectivity index (χ4n) is 2.78. The van der Waals surface area contributed by atoms with Crippen LogP contribution in [0.15, 0.2) is 60.7 Å². The molecule has 0 saturated heterocycles.